The summed E-state index contributed by atoms with van der Waals surface area (Å²) in [5, 5.41) is 0. The van der Waals surface area contributed by atoms with Gasteiger partial charge in [0, 0.05) is 15.8 Å². The lowest BCUT2D eigenvalue weighted by molar-refractivity contribution is 0.00578. The van der Waals surface area contributed by atoms with Gasteiger partial charge in [0.05, 0.1) is 33.6 Å². The second-order valence-corrected chi connectivity index (χ2v) is 15.7. The Morgan fingerprint density at radius 3 is 1.16 bits per heavy atom. The van der Waals surface area contributed by atoms with Crippen molar-refractivity contribution in [3.05, 3.63) is 52.0 Å². The zero-order valence-corrected chi connectivity index (χ0v) is 30.8. The van der Waals surface area contributed by atoms with Crippen molar-refractivity contribution in [3.8, 4) is 0 Å². The molecule has 0 amide bonds. The van der Waals surface area contributed by atoms with Crippen molar-refractivity contribution in [3.63, 3.8) is 0 Å². The number of nitrogen functional groups attached to an aromatic ring is 2. The van der Waals surface area contributed by atoms with Gasteiger partial charge in [-0.05, 0) is 132 Å². The highest BCUT2D eigenvalue weighted by Crippen LogP contribution is 2.43. The fraction of sp³-hybridized carbons (Fsp3) is 0.625. The van der Waals surface area contributed by atoms with Crippen LogP contribution in [0.15, 0.2) is 40.9 Å². The zero-order valence-electron chi connectivity index (χ0n) is 29.2. The number of nitrogens with two attached hydrogens (primary N) is 2. The predicted octanol–water partition coefficient (Wildman–Crippen LogP) is 6.47. The minimum Gasteiger partial charge on any atom is -0.405 e. The first-order valence-corrected chi connectivity index (χ1v) is 16.1. The van der Waals surface area contributed by atoms with Gasteiger partial charge < -0.3 is 39.4 Å². The number of hydrogen-bond acceptors (Lipinski definition) is 8. The van der Waals surface area contributed by atoms with Crippen molar-refractivity contribution in [1.29, 1.82) is 0 Å². The summed E-state index contributed by atoms with van der Waals surface area (Å²) < 4.78 is 36.9. The molecule has 242 valence electrons. The van der Waals surface area contributed by atoms with Gasteiger partial charge in [0.25, 0.3) is 0 Å². The molecular weight excluding hydrogens is 621 g/mol. The summed E-state index contributed by atoms with van der Waals surface area (Å²) in [7, 11) is -1.28. The van der Waals surface area contributed by atoms with E-state index in [1.807, 2.05) is 106 Å². The van der Waals surface area contributed by atoms with Crippen LogP contribution < -0.4 is 16.9 Å². The summed E-state index contributed by atoms with van der Waals surface area (Å²) in [5.41, 5.74) is 14.2. The monoisotopic (exact) mass is 672 g/mol. The van der Waals surface area contributed by atoms with E-state index in [1.165, 1.54) is 0 Å². The molecule has 2 aromatic carbocycles. The standard InChI is InChI=1S/C13H20BNO2.C12H24B2O4.C7H8BrN/c1-9-10(7-6-8-11(9)15)14-16-12(2,3)13(4,5)17-14;1-9(2)10(3,4)16-13(15-9)14-17-11(5,6)12(7,8)18-14;1-5-6(8)3-2-4-7(5)9/h6-8H,15H2,1-5H3;1-8H3;2-4H,9H2,1H3. The first-order valence-electron chi connectivity index (χ1n) is 15.3. The largest absolute Gasteiger partial charge is 0.495 e. The van der Waals surface area contributed by atoms with Crippen LogP contribution in [-0.2, 0) is 27.9 Å². The molecule has 3 aliphatic rings. The molecule has 12 heteroatoms. The van der Waals surface area contributed by atoms with Gasteiger partial charge in [0.15, 0.2) is 0 Å². The highest BCUT2D eigenvalue weighted by Gasteiger charge is 2.63. The Morgan fingerprint density at radius 2 is 0.818 bits per heavy atom. The second-order valence-electron chi connectivity index (χ2n) is 14.9. The smallest absolute Gasteiger partial charge is 0.405 e. The third-order valence-electron chi connectivity index (χ3n) is 10.00. The molecule has 5 rings (SSSR count). The lowest BCUT2D eigenvalue weighted by Crippen LogP contribution is -2.41. The molecule has 3 aliphatic heterocycles. The van der Waals surface area contributed by atoms with Crippen LogP contribution in [0.2, 0.25) is 0 Å². The Labute approximate surface area is 275 Å². The Bertz CT molecular complexity index is 1230. The lowest BCUT2D eigenvalue weighted by Gasteiger charge is -2.32. The minimum atomic E-state index is -0.476. The van der Waals surface area contributed by atoms with Gasteiger partial charge in [-0.2, -0.15) is 0 Å². The van der Waals surface area contributed by atoms with Gasteiger partial charge in [0.2, 0.25) is 0 Å². The molecule has 3 saturated heterocycles. The van der Waals surface area contributed by atoms with Crippen molar-refractivity contribution in [2.75, 3.05) is 11.5 Å². The topological polar surface area (TPSA) is 107 Å². The molecule has 0 radical (unpaired) electrons. The Morgan fingerprint density at radius 1 is 0.500 bits per heavy atom. The second kappa shape index (κ2) is 12.6. The molecule has 0 atom stereocenters. The number of rotatable bonds is 2. The van der Waals surface area contributed by atoms with E-state index in [1.54, 1.807) is 0 Å². The van der Waals surface area contributed by atoms with Crippen molar-refractivity contribution in [2.45, 2.75) is 131 Å². The van der Waals surface area contributed by atoms with E-state index in [2.05, 4.69) is 43.6 Å². The third kappa shape index (κ3) is 7.54. The van der Waals surface area contributed by atoms with E-state index in [0.717, 1.165) is 32.4 Å². The maximum absolute atomic E-state index is 6.01. The average molecular weight is 673 g/mol. The maximum atomic E-state index is 6.01. The SMILES string of the molecule is CC1(C)OB(B2OC(C)(C)C(C)(C)O2)OC1(C)C.Cc1c(N)cccc1B1OC(C)(C)C(C)(C)O1.Cc1c(N)cccc1Br. The fourth-order valence-corrected chi connectivity index (χ4v) is 4.90. The van der Waals surface area contributed by atoms with E-state index in [0.29, 0.717) is 0 Å². The van der Waals surface area contributed by atoms with Crippen molar-refractivity contribution in [1.82, 2.24) is 0 Å². The van der Waals surface area contributed by atoms with E-state index >= 15 is 0 Å². The molecule has 0 saturated carbocycles. The molecule has 8 nitrogen and oxygen atoms in total. The minimum absolute atomic E-state index is 0.311. The van der Waals surface area contributed by atoms with E-state index in [9.17, 15) is 0 Å². The number of halogens is 1. The summed E-state index contributed by atoms with van der Waals surface area (Å²) in [6.07, 6.45) is 0. The van der Waals surface area contributed by atoms with Crippen molar-refractivity contribution in [2.24, 2.45) is 0 Å². The van der Waals surface area contributed by atoms with Gasteiger partial charge in [-0.15, -0.1) is 0 Å². The summed E-state index contributed by atoms with van der Waals surface area (Å²) >= 11 is 3.37. The lowest BCUT2D eigenvalue weighted by atomic mass is 9.49. The molecule has 0 aromatic heterocycles. The van der Waals surface area contributed by atoms with Crippen LogP contribution in [0.25, 0.3) is 0 Å². The van der Waals surface area contributed by atoms with Crippen molar-refractivity contribution >= 4 is 53.9 Å². The third-order valence-corrected chi connectivity index (χ3v) is 10.9. The average Bonchev–Trinajstić information content (AvgIpc) is 3.33. The molecule has 3 fully saturated rings. The summed E-state index contributed by atoms with van der Waals surface area (Å²) in [6.45, 7) is 28.4. The molecular formula is C32H52B3BrN2O6. The molecule has 0 bridgehead atoms. The molecule has 3 heterocycles. The molecule has 4 N–H and O–H groups in total. The highest BCUT2D eigenvalue weighted by atomic mass is 79.9. The zero-order chi connectivity index (χ0) is 33.7. The van der Waals surface area contributed by atoms with E-state index in [4.69, 9.17) is 39.4 Å². The van der Waals surface area contributed by atoms with Crippen LogP contribution in [0.1, 0.15) is 94.2 Å². The van der Waals surface area contributed by atoms with Gasteiger partial charge in [-0.25, -0.2) is 0 Å². The molecule has 0 aliphatic carbocycles. The van der Waals surface area contributed by atoms with Crippen LogP contribution in [0.3, 0.4) is 0 Å². The van der Waals surface area contributed by atoms with Gasteiger partial charge in [0.1, 0.15) is 0 Å². The Balaban J connectivity index is 0.000000190. The Kier molecular flexibility index (Phi) is 10.6. The van der Waals surface area contributed by atoms with Crippen LogP contribution in [0.5, 0.6) is 0 Å². The van der Waals surface area contributed by atoms with Crippen molar-refractivity contribution < 1.29 is 27.9 Å². The maximum Gasteiger partial charge on any atom is 0.495 e. The number of hydrogen-bond donors (Lipinski definition) is 2. The highest BCUT2D eigenvalue weighted by molar-refractivity contribution is 9.10. The number of benzene rings is 2. The van der Waals surface area contributed by atoms with Crippen LogP contribution in [0, 0.1) is 13.8 Å². The first kappa shape index (κ1) is 36.9. The first-order chi connectivity index (χ1) is 19.8. The van der Waals surface area contributed by atoms with E-state index in [-0.39, 0.29) is 40.7 Å². The fourth-order valence-electron chi connectivity index (χ4n) is 4.52. The molecule has 2 aromatic rings. The summed E-state index contributed by atoms with van der Waals surface area (Å²) in [5.74, 6) is 0. The van der Waals surface area contributed by atoms with Gasteiger partial charge in [-0.1, -0.05) is 34.1 Å². The normalized spacial score (nSPS) is 23.5. The van der Waals surface area contributed by atoms with Crippen LogP contribution >= 0.6 is 15.9 Å². The van der Waals surface area contributed by atoms with Gasteiger partial charge in [-0.3, -0.25) is 0 Å². The van der Waals surface area contributed by atoms with Crippen LogP contribution in [-0.4, -0.2) is 54.7 Å². The quantitative estimate of drug-likeness (QED) is 0.276. The predicted molar refractivity (Wildman–Crippen MR) is 187 cm³/mol. The summed E-state index contributed by atoms with van der Waals surface area (Å²) in [6, 6.07) is 11.6. The van der Waals surface area contributed by atoms with Gasteiger partial charge >= 0.3 is 21.1 Å². The van der Waals surface area contributed by atoms with E-state index < -0.39 is 14.0 Å². The molecule has 0 spiro atoms. The number of anilines is 2. The van der Waals surface area contributed by atoms with Crippen LogP contribution in [0.4, 0.5) is 11.4 Å². The molecule has 0 unspecified atom stereocenters. The Hall–Kier alpha value is -1.53. The summed E-state index contributed by atoms with van der Waals surface area (Å²) in [4.78, 5) is 0. The molecule has 44 heavy (non-hydrogen) atoms.